The summed E-state index contributed by atoms with van der Waals surface area (Å²) in [6.07, 6.45) is -11.5. The van der Waals surface area contributed by atoms with Crippen LogP contribution < -0.4 is 10.1 Å². The average Bonchev–Trinajstić information content (AvgIpc) is 2.92. The van der Waals surface area contributed by atoms with E-state index in [4.69, 9.17) is 33.5 Å². The van der Waals surface area contributed by atoms with Crippen LogP contribution in [0.2, 0.25) is 0 Å². The fourth-order valence-electron chi connectivity index (χ4n) is 3.90. The quantitative estimate of drug-likeness (QED) is 0.116. The Hall–Kier alpha value is -5.04. The van der Waals surface area contributed by atoms with Gasteiger partial charge in [0.2, 0.25) is 12.4 Å². The van der Waals surface area contributed by atoms with Crippen molar-refractivity contribution < 1.29 is 77.1 Å². The maximum atomic E-state index is 12.6. The van der Waals surface area contributed by atoms with Crippen LogP contribution in [0, 0.1) is 10.1 Å². The molecule has 1 aromatic carbocycles. The van der Waals surface area contributed by atoms with Gasteiger partial charge in [-0.05, 0) is 18.6 Å². The lowest BCUT2D eigenvalue weighted by molar-refractivity contribution is -0.387. The van der Waals surface area contributed by atoms with Gasteiger partial charge in [-0.1, -0.05) is 6.07 Å². The fourth-order valence-corrected chi connectivity index (χ4v) is 3.90. The summed E-state index contributed by atoms with van der Waals surface area (Å²) in [5.74, 6) is -6.00. The van der Waals surface area contributed by atoms with E-state index in [2.05, 4.69) is 4.74 Å². The number of rotatable bonds is 12. The molecule has 0 bridgehead atoms. The molecule has 1 aliphatic rings. The van der Waals surface area contributed by atoms with Crippen molar-refractivity contribution in [2.45, 2.75) is 77.2 Å². The van der Waals surface area contributed by atoms with Crippen molar-refractivity contribution in [3.05, 3.63) is 33.9 Å². The maximum absolute atomic E-state index is 12.6. The van der Waals surface area contributed by atoms with Crippen LogP contribution in [0.25, 0.3) is 0 Å². The summed E-state index contributed by atoms with van der Waals surface area (Å²) in [5.41, 5.74) is -0.700. The van der Waals surface area contributed by atoms with Crippen LogP contribution in [0.15, 0.2) is 18.2 Å². The van der Waals surface area contributed by atoms with Gasteiger partial charge in [0.05, 0.1) is 18.1 Å². The number of carbonyl (C=O) groups excluding carboxylic acids is 5. The number of alkyl carbamates (subject to hydrolysis) is 1. The highest BCUT2D eigenvalue weighted by atomic mass is 16.7. The van der Waals surface area contributed by atoms with Crippen molar-refractivity contribution in [1.82, 2.24) is 5.32 Å². The molecule has 0 radical (unpaired) electrons. The van der Waals surface area contributed by atoms with E-state index in [-0.39, 0.29) is 5.56 Å². The lowest BCUT2D eigenvalue weighted by Gasteiger charge is -2.42. The molecule has 3 N–H and O–H groups in total. The molecule has 0 aliphatic carbocycles. The lowest BCUT2D eigenvalue weighted by atomic mass is 9.97. The van der Waals surface area contributed by atoms with E-state index < -0.39 is 102 Å². The largest absolute Gasteiger partial charge is 0.480 e. The number of aliphatic hydroxyl groups is 1. The molecule has 7 atom stereocenters. The first-order valence-electron chi connectivity index (χ1n) is 12.6. The summed E-state index contributed by atoms with van der Waals surface area (Å²) < 4.78 is 36.4. The number of methoxy groups -OCH3 is 1. The summed E-state index contributed by atoms with van der Waals surface area (Å²) in [6.45, 7) is 3.48. The van der Waals surface area contributed by atoms with Gasteiger partial charge in [-0.3, -0.25) is 24.5 Å². The molecular formula is C25H30N2O17. The second kappa shape index (κ2) is 15.4. The third-order valence-corrected chi connectivity index (χ3v) is 5.69. The Kier molecular flexibility index (Phi) is 12.3. The number of nitro groups is 1. The maximum Gasteiger partial charge on any atom is 0.408 e. The Morgan fingerprint density at radius 2 is 1.57 bits per heavy atom. The Balaban J connectivity index is 2.42. The number of hydrogen-bond donors (Lipinski definition) is 3. The SMILES string of the molecule is COC(=O)[C@H]1O[C@@H](Oc2ccc(COC(=O)N[C@H](C(=O)O)[C@@H](C)O)cc2[N+](=O)[O-])[C@H](OC(C)=O)[C@@H](OC(C)=O)[C@@H]1OC(C)=O. The van der Waals surface area contributed by atoms with Gasteiger partial charge in [-0.2, -0.15) is 0 Å². The van der Waals surface area contributed by atoms with Crippen LogP contribution in [0.3, 0.4) is 0 Å². The average molecular weight is 631 g/mol. The van der Waals surface area contributed by atoms with Crippen molar-refractivity contribution in [3.8, 4) is 5.75 Å². The van der Waals surface area contributed by atoms with E-state index in [0.717, 1.165) is 46.9 Å². The highest BCUT2D eigenvalue weighted by molar-refractivity contribution is 5.80. The van der Waals surface area contributed by atoms with Gasteiger partial charge in [-0.25, -0.2) is 14.4 Å². The van der Waals surface area contributed by atoms with Crippen LogP contribution in [-0.4, -0.2) is 101 Å². The number of aliphatic carboxylic acids is 1. The monoisotopic (exact) mass is 630 g/mol. The molecule has 44 heavy (non-hydrogen) atoms. The van der Waals surface area contributed by atoms with Gasteiger partial charge >= 0.3 is 41.6 Å². The Labute approximate surface area is 248 Å². The summed E-state index contributed by atoms with van der Waals surface area (Å²) in [5, 5.41) is 32.3. The van der Waals surface area contributed by atoms with Crippen LogP contribution in [0.1, 0.15) is 33.3 Å². The standard InChI is InChI=1S/C25H30N2O17/c1-10(28)17(22(32)33)26-25(35)39-9-14-6-7-16(15(8-14)27(36)37)43-24-21(42-13(4)31)19(41-12(3)30)18(40-11(2)29)20(44-24)23(34)38-5/h6-8,10,17-21,24,28H,9H2,1-5H3,(H,26,35)(H,32,33)/t10-,17+,18+,19+,20+,21-,24-/m1/s1. The number of nitro benzene ring substituents is 1. The molecule has 1 heterocycles. The van der Waals surface area contributed by atoms with Crippen molar-refractivity contribution >= 4 is 41.6 Å². The van der Waals surface area contributed by atoms with E-state index in [9.17, 15) is 44.0 Å². The number of hydrogen-bond acceptors (Lipinski definition) is 16. The normalized spacial score (nSPS) is 22.3. The zero-order valence-corrected chi connectivity index (χ0v) is 23.9. The first-order valence-corrected chi connectivity index (χ1v) is 12.6. The van der Waals surface area contributed by atoms with Crippen molar-refractivity contribution in [3.63, 3.8) is 0 Å². The molecule has 1 fully saturated rings. The van der Waals surface area contributed by atoms with Crippen molar-refractivity contribution in [1.29, 1.82) is 0 Å². The fraction of sp³-hybridized carbons (Fsp3) is 0.520. The van der Waals surface area contributed by atoms with E-state index in [0.29, 0.717) is 0 Å². The first kappa shape index (κ1) is 35.2. The third kappa shape index (κ3) is 9.49. The summed E-state index contributed by atoms with van der Waals surface area (Å²) in [4.78, 5) is 82.4. The third-order valence-electron chi connectivity index (χ3n) is 5.69. The minimum atomic E-state index is -1.88. The highest BCUT2D eigenvalue weighted by Gasteiger charge is 2.56. The minimum absolute atomic E-state index is 0.0318. The van der Waals surface area contributed by atoms with Gasteiger partial charge in [0.25, 0.3) is 0 Å². The van der Waals surface area contributed by atoms with E-state index >= 15 is 0 Å². The second-order valence-corrected chi connectivity index (χ2v) is 9.12. The van der Waals surface area contributed by atoms with E-state index in [1.807, 2.05) is 5.32 Å². The molecule has 1 saturated heterocycles. The zero-order chi connectivity index (χ0) is 33.3. The molecule has 1 aromatic rings. The smallest absolute Gasteiger partial charge is 0.408 e. The molecule has 1 aliphatic heterocycles. The molecule has 0 unspecified atom stereocenters. The molecule has 19 heteroatoms. The van der Waals surface area contributed by atoms with Gasteiger partial charge in [0, 0.05) is 26.8 Å². The van der Waals surface area contributed by atoms with Gasteiger partial charge in [0.15, 0.2) is 30.1 Å². The number of benzene rings is 1. The first-order chi connectivity index (χ1) is 20.5. The van der Waals surface area contributed by atoms with Gasteiger partial charge < -0.3 is 48.7 Å². The Morgan fingerprint density at radius 3 is 2.07 bits per heavy atom. The summed E-state index contributed by atoms with van der Waals surface area (Å²) in [7, 11) is 0.976. The number of carboxylic acids is 1. The van der Waals surface area contributed by atoms with Crippen molar-refractivity contribution in [2.75, 3.05) is 7.11 Å². The number of ether oxygens (including phenoxy) is 7. The minimum Gasteiger partial charge on any atom is -0.480 e. The number of amides is 1. The van der Waals surface area contributed by atoms with Gasteiger partial charge in [-0.15, -0.1) is 0 Å². The number of carbonyl (C=O) groups is 6. The van der Waals surface area contributed by atoms with Gasteiger partial charge in [0.1, 0.15) is 6.61 Å². The Morgan fingerprint density at radius 1 is 1.00 bits per heavy atom. The second-order valence-electron chi connectivity index (χ2n) is 9.12. The number of nitrogens with zero attached hydrogens (tertiary/aromatic N) is 1. The van der Waals surface area contributed by atoms with E-state index in [1.165, 1.54) is 6.07 Å². The molecule has 242 valence electrons. The van der Waals surface area contributed by atoms with Crippen LogP contribution in [-0.2, 0) is 59.0 Å². The van der Waals surface area contributed by atoms with E-state index in [1.54, 1.807) is 0 Å². The summed E-state index contributed by atoms with van der Waals surface area (Å²) >= 11 is 0. The predicted molar refractivity (Wildman–Crippen MR) is 137 cm³/mol. The number of aliphatic hydroxyl groups excluding tert-OH is 1. The number of nitrogens with one attached hydrogen (secondary N) is 1. The van der Waals surface area contributed by atoms with Crippen molar-refractivity contribution in [2.24, 2.45) is 0 Å². The van der Waals surface area contributed by atoms with Crippen LogP contribution in [0.5, 0.6) is 5.75 Å². The zero-order valence-electron chi connectivity index (χ0n) is 23.9. The van der Waals surface area contributed by atoms with Crippen LogP contribution >= 0.6 is 0 Å². The topological polar surface area (TPSA) is 263 Å². The molecule has 2 rings (SSSR count). The highest BCUT2D eigenvalue weighted by Crippen LogP contribution is 2.35. The lowest BCUT2D eigenvalue weighted by Crippen LogP contribution is -2.64. The number of esters is 4. The number of carboxylic acid groups (broad SMARTS) is 1. The molecule has 0 aromatic heterocycles. The molecular weight excluding hydrogens is 600 g/mol. The Bertz CT molecular complexity index is 1280. The molecule has 1 amide bonds. The molecule has 0 spiro atoms. The predicted octanol–water partition coefficient (Wildman–Crippen LogP) is -0.273. The van der Waals surface area contributed by atoms with Crippen LogP contribution in [0.4, 0.5) is 10.5 Å². The summed E-state index contributed by atoms with van der Waals surface area (Å²) in [6, 6.07) is 1.51. The molecule has 19 nitrogen and oxygen atoms in total. The molecule has 0 saturated carbocycles.